The maximum absolute atomic E-state index is 13.2. The molecule has 2 aromatic carbocycles. The van der Waals surface area contributed by atoms with E-state index in [1.165, 1.54) is 11.1 Å². The zero-order chi connectivity index (χ0) is 19.0. The second-order valence-electron chi connectivity index (χ2n) is 7.03. The monoisotopic (exact) mass is 395 g/mol. The molecule has 1 saturated heterocycles. The van der Waals surface area contributed by atoms with Crippen LogP contribution < -0.4 is 0 Å². The van der Waals surface area contributed by atoms with Crippen molar-refractivity contribution in [1.29, 1.82) is 0 Å². The molecule has 1 unspecified atom stereocenters. The number of thioether (sulfide) groups is 1. The lowest BCUT2D eigenvalue weighted by molar-refractivity contribution is -0.134. The number of rotatable bonds is 4. The van der Waals surface area contributed by atoms with Crippen LogP contribution >= 0.6 is 24.0 Å². The number of fused-ring (bicyclic) bond motifs is 3. The molecule has 1 aliphatic heterocycles. The molecule has 1 fully saturated rings. The number of carbonyl (C=O) groups is 1. The third kappa shape index (κ3) is 3.47. The largest absolute Gasteiger partial charge is 0.388 e. The van der Waals surface area contributed by atoms with Gasteiger partial charge < -0.3 is 5.11 Å². The van der Waals surface area contributed by atoms with Crippen molar-refractivity contribution in [3.63, 3.8) is 0 Å². The molecule has 1 heterocycles. The second-order valence-corrected chi connectivity index (χ2v) is 8.90. The lowest BCUT2D eigenvalue weighted by atomic mass is 9.99. The highest BCUT2D eigenvalue weighted by Crippen LogP contribution is 2.49. The van der Waals surface area contributed by atoms with Crippen LogP contribution in [0.5, 0.6) is 0 Å². The third-order valence-corrected chi connectivity index (χ3v) is 6.91. The van der Waals surface area contributed by atoms with Crippen molar-refractivity contribution < 1.29 is 9.90 Å². The van der Waals surface area contributed by atoms with E-state index < -0.39 is 12.0 Å². The number of hydrogen-bond acceptors (Lipinski definition) is 4. The van der Waals surface area contributed by atoms with E-state index in [4.69, 9.17) is 12.2 Å². The first-order chi connectivity index (χ1) is 13.1. The Morgan fingerprint density at radius 3 is 2.70 bits per heavy atom. The predicted octanol–water partition coefficient (Wildman–Crippen LogP) is 4.22. The van der Waals surface area contributed by atoms with Crippen molar-refractivity contribution in [3.8, 4) is 0 Å². The average molecular weight is 396 g/mol. The Kier molecular flexibility index (Phi) is 5.17. The molecule has 0 aromatic heterocycles. The summed E-state index contributed by atoms with van der Waals surface area (Å²) in [6, 6.07) is 18.0. The fourth-order valence-electron chi connectivity index (χ4n) is 3.78. The quantitative estimate of drug-likeness (QED) is 0.787. The molecule has 3 nitrogen and oxygen atoms in total. The van der Waals surface area contributed by atoms with E-state index in [2.05, 4.69) is 12.1 Å². The first-order valence-corrected chi connectivity index (χ1v) is 10.4. The van der Waals surface area contributed by atoms with Gasteiger partial charge in [-0.15, -0.1) is 0 Å². The van der Waals surface area contributed by atoms with Crippen LogP contribution in [0.1, 0.15) is 29.7 Å². The van der Waals surface area contributed by atoms with Crippen molar-refractivity contribution in [2.45, 2.75) is 30.7 Å². The van der Waals surface area contributed by atoms with E-state index in [1.807, 2.05) is 48.5 Å². The Balaban J connectivity index is 1.53. The van der Waals surface area contributed by atoms with Gasteiger partial charge in [-0.05, 0) is 23.1 Å². The van der Waals surface area contributed by atoms with Gasteiger partial charge in [0.25, 0.3) is 0 Å². The van der Waals surface area contributed by atoms with E-state index in [-0.39, 0.29) is 17.2 Å². The Bertz CT molecular complexity index is 896. The fourth-order valence-corrected chi connectivity index (χ4v) is 5.59. The number of benzene rings is 2. The number of amides is 1. The Hall–Kier alpha value is -1.95. The molecule has 0 radical (unpaired) electrons. The van der Waals surface area contributed by atoms with E-state index >= 15 is 0 Å². The van der Waals surface area contributed by atoms with Gasteiger partial charge in [-0.3, -0.25) is 9.69 Å². The Morgan fingerprint density at radius 2 is 1.93 bits per heavy atom. The summed E-state index contributed by atoms with van der Waals surface area (Å²) in [6.45, 7) is 1.77. The minimum absolute atomic E-state index is 0.0149. The fraction of sp³-hybridized carbons (Fsp3) is 0.273. The molecule has 4 atom stereocenters. The molecular weight excluding hydrogens is 374 g/mol. The Morgan fingerprint density at radius 1 is 1.22 bits per heavy atom. The maximum Gasteiger partial charge on any atom is 0.234 e. The van der Waals surface area contributed by atoms with Gasteiger partial charge in [-0.25, -0.2) is 0 Å². The van der Waals surface area contributed by atoms with Crippen molar-refractivity contribution in [3.05, 3.63) is 77.4 Å². The average Bonchev–Trinajstić information content (AvgIpc) is 3.20. The highest BCUT2D eigenvalue weighted by atomic mass is 32.2. The summed E-state index contributed by atoms with van der Waals surface area (Å²) in [6.07, 6.45) is 3.60. The number of aliphatic hydroxyl groups excluding tert-OH is 1. The first kappa shape index (κ1) is 18.4. The van der Waals surface area contributed by atoms with Crippen LogP contribution in [0.2, 0.25) is 0 Å². The summed E-state index contributed by atoms with van der Waals surface area (Å²) in [5, 5.41) is 10.8. The Labute approximate surface area is 169 Å². The lowest BCUT2D eigenvalue weighted by Crippen LogP contribution is -2.41. The second kappa shape index (κ2) is 7.58. The number of aliphatic hydroxyl groups is 1. The molecular formula is C22H21NO2S2. The summed E-state index contributed by atoms with van der Waals surface area (Å²) in [5.41, 5.74) is 3.47. The van der Waals surface area contributed by atoms with Crippen molar-refractivity contribution >= 4 is 40.3 Å². The van der Waals surface area contributed by atoms with Gasteiger partial charge in [0, 0.05) is 5.25 Å². The van der Waals surface area contributed by atoms with Gasteiger partial charge in [0.15, 0.2) is 0 Å². The van der Waals surface area contributed by atoms with Crippen LogP contribution in [0.4, 0.5) is 0 Å². The first-order valence-electron chi connectivity index (χ1n) is 9.09. The number of hydrogen-bond donors (Lipinski definition) is 1. The number of nitrogens with zero attached hydrogens (tertiary/aromatic N) is 1. The molecule has 138 valence electrons. The highest BCUT2D eigenvalue weighted by Gasteiger charge is 2.48. The molecule has 0 spiro atoms. The smallest absolute Gasteiger partial charge is 0.234 e. The molecule has 4 rings (SSSR count). The minimum Gasteiger partial charge on any atom is -0.388 e. The molecule has 2 aromatic rings. The van der Waals surface area contributed by atoms with Crippen LogP contribution in [-0.4, -0.2) is 31.6 Å². The highest BCUT2D eigenvalue weighted by molar-refractivity contribution is 8.23. The summed E-state index contributed by atoms with van der Waals surface area (Å²) in [7, 11) is 0. The van der Waals surface area contributed by atoms with Gasteiger partial charge in [-0.2, -0.15) is 0 Å². The van der Waals surface area contributed by atoms with Gasteiger partial charge >= 0.3 is 0 Å². The molecule has 2 aliphatic rings. The van der Waals surface area contributed by atoms with Gasteiger partial charge in [0.1, 0.15) is 4.32 Å². The van der Waals surface area contributed by atoms with Crippen molar-refractivity contribution in [2.24, 2.45) is 5.92 Å². The maximum atomic E-state index is 13.2. The number of carbonyl (C=O) groups excluding carboxylic acids is 1. The topological polar surface area (TPSA) is 40.5 Å². The standard InChI is InChI=1S/C22H21NO2S2/c1-14(18(24)12-11-15-7-3-2-4-8-15)21(25)23-20-17-10-6-5-9-16(17)13-19(20)27-22(23)26/h2-12,14,18-20,24H,13H2,1H3/b12-11+/t14-,18+,19-,20?/m1/s1. The van der Waals surface area contributed by atoms with Crippen LogP contribution in [0.25, 0.3) is 6.08 Å². The molecule has 1 aliphatic carbocycles. The SMILES string of the molecule is C[C@@H](C(=O)N1C(=S)S[C@@H]2Cc3ccccc3C21)[C@@H](O)/C=C/c1ccccc1. The van der Waals surface area contributed by atoms with Gasteiger partial charge in [0.05, 0.1) is 18.1 Å². The molecule has 0 saturated carbocycles. The van der Waals surface area contributed by atoms with Gasteiger partial charge in [-0.1, -0.05) is 97.7 Å². The van der Waals surface area contributed by atoms with Crippen molar-refractivity contribution in [2.75, 3.05) is 0 Å². The van der Waals surface area contributed by atoms with Gasteiger partial charge in [0.2, 0.25) is 5.91 Å². The summed E-state index contributed by atoms with van der Waals surface area (Å²) in [4.78, 5) is 14.9. The molecule has 0 bridgehead atoms. The van der Waals surface area contributed by atoms with E-state index in [9.17, 15) is 9.90 Å². The molecule has 1 N–H and O–H groups in total. The van der Waals surface area contributed by atoms with E-state index in [0.717, 1.165) is 12.0 Å². The van der Waals surface area contributed by atoms with Crippen LogP contribution in [0, 0.1) is 5.92 Å². The van der Waals surface area contributed by atoms with Crippen molar-refractivity contribution in [1.82, 2.24) is 4.90 Å². The third-order valence-electron chi connectivity index (χ3n) is 5.30. The van der Waals surface area contributed by atoms with Crippen LogP contribution in [0.15, 0.2) is 60.7 Å². The lowest BCUT2D eigenvalue weighted by Gasteiger charge is -2.28. The molecule has 5 heteroatoms. The minimum atomic E-state index is -0.860. The van der Waals surface area contributed by atoms with E-state index in [0.29, 0.717) is 4.32 Å². The molecule has 1 amide bonds. The summed E-state index contributed by atoms with van der Waals surface area (Å²) >= 11 is 7.12. The van der Waals surface area contributed by atoms with E-state index in [1.54, 1.807) is 29.7 Å². The predicted molar refractivity (Wildman–Crippen MR) is 114 cm³/mol. The molecule has 27 heavy (non-hydrogen) atoms. The van der Waals surface area contributed by atoms with Crippen LogP contribution in [0.3, 0.4) is 0 Å². The normalized spacial score (nSPS) is 23.3. The summed E-state index contributed by atoms with van der Waals surface area (Å²) < 4.78 is 0.621. The van der Waals surface area contributed by atoms with Crippen LogP contribution in [-0.2, 0) is 11.2 Å². The number of thiocarbonyl (C=S) groups is 1. The zero-order valence-corrected chi connectivity index (χ0v) is 16.6. The summed E-state index contributed by atoms with van der Waals surface area (Å²) in [5.74, 6) is -0.670. The zero-order valence-electron chi connectivity index (χ0n) is 15.0.